The molecule has 86 heavy (non-hydrogen) atoms. The summed E-state index contributed by atoms with van der Waals surface area (Å²) in [6, 6.07) is -1.60. The van der Waals surface area contributed by atoms with Crippen molar-refractivity contribution in [1.29, 1.82) is 0 Å². The smallest absolute Gasteiger partial charge is 0.246 e. The lowest BCUT2D eigenvalue weighted by atomic mass is 10.0. The molecule has 0 bridgehead atoms. The number of phenols is 1. The third-order valence-corrected chi connectivity index (χ3v) is 15.6. The zero-order valence-corrected chi connectivity index (χ0v) is 48.6. The monoisotopic (exact) mass is 1240 g/mol. The number of rotatable bonds is 24. The van der Waals surface area contributed by atoms with E-state index in [2.05, 4.69) is 52.8 Å². The molecule has 10 atom stereocenters. The summed E-state index contributed by atoms with van der Waals surface area (Å²) in [5.41, 5.74) is 33.7. The number of aliphatic imine (C=N–C) groups is 1. The first-order valence-corrected chi connectivity index (χ1v) is 29.6. The minimum absolute atomic E-state index is 0.0434. The number of hydrogen-bond donors (Lipinski definition) is 17. The lowest BCUT2D eigenvalue weighted by Crippen LogP contribution is -2.61. The van der Waals surface area contributed by atoms with Gasteiger partial charge in [0.25, 0.3) is 0 Å². The topological polar surface area (TPSA) is 542 Å². The van der Waals surface area contributed by atoms with E-state index in [0.29, 0.717) is 11.1 Å². The van der Waals surface area contributed by atoms with Crippen LogP contribution in [0.1, 0.15) is 63.0 Å². The lowest BCUT2D eigenvalue weighted by molar-refractivity contribution is -0.142. The average molecular weight is 1240 g/mol. The first-order chi connectivity index (χ1) is 40.8. The fourth-order valence-electron chi connectivity index (χ4n) is 8.66. The van der Waals surface area contributed by atoms with Crippen molar-refractivity contribution in [3.63, 3.8) is 0 Å². The molecule has 0 spiro atoms. The first kappa shape index (κ1) is 69.7. The number of aromatic hydroxyl groups is 1. The molecular formula is C52H75N17O15S2. The Morgan fingerprint density at radius 1 is 0.698 bits per heavy atom. The Bertz CT molecular complexity index is 2800. The molecule has 2 aliphatic heterocycles. The quantitative estimate of drug-likeness (QED) is 0.0201. The number of hydrogen-bond acceptors (Lipinski definition) is 19. The number of nitrogens with zero attached hydrogens (tertiary/aromatic N) is 2. The van der Waals surface area contributed by atoms with Gasteiger partial charge in [-0.15, -0.1) is 0 Å². The van der Waals surface area contributed by atoms with Crippen molar-refractivity contribution >= 4 is 104 Å². The number of nitrogens with two attached hydrogens (primary N) is 6. The maximum absolute atomic E-state index is 14.9. The predicted octanol–water partition coefficient (Wildman–Crippen LogP) is -7.42. The highest BCUT2D eigenvalue weighted by Crippen LogP contribution is 2.26. The second-order valence-electron chi connectivity index (χ2n) is 20.1. The molecule has 0 aliphatic carbocycles. The maximum Gasteiger partial charge on any atom is 0.246 e. The number of benzene rings is 2. The maximum atomic E-state index is 14.9. The first-order valence-electron chi connectivity index (χ1n) is 27.1. The SMILES string of the molecule is C[C@H](NC(=O)[C@@H](N)CO)C(=O)N[C@H]1CSSC[C@@H](C(=O)N2CCC[C@H]2C(=O)N[C@@H](CCCN=C(N)N)C(=O)NCC(N)=O)NC(=O)[C@H](CC(N)=O)NC(=O)[C@H](CCC(N)=O)NC(=O)[C@H](Cc2ccccc2)NC(=O)[C@H](Cc2ccc(O)cc2)NC1=O. The highest BCUT2D eigenvalue weighted by atomic mass is 33.1. The standard InChI is InChI=1S/C52H75N17O15S2/c1-26(61-43(76)30(53)23-70)42(75)67-36-24-85-86-25-37(51(84)69-18-6-10-38(69)50(83)63-31(9-5-17-59-52(57)58)44(77)60-22-41(56)74)68-48(81)35(21-40(55)73)66-45(78)32(15-16-39(54)72)62-46(79)33(19-27-7-3-2-4-8-27)64-47(80)34(65-49(36)82)20-28-11-13-29(71)14-12-28/h2-4,7-8,11-14,26,30-38,70-71H,5-6,9-10,15-25,53H2,1H3,(H2,54,72)(H2,55,73)(H2,56,74)(H,60,77)(H,61,76)(H,62,79)(H,63,83)(H,64,80)(H,65,82)(H,66,78)(H,67,75)(H,68,81)(H4,57,58,59)/t26-,30-,31-,32-,33-,34-,35-,36-,37-,38-/m0/s1. The number of amides is 13. The van der Waals surface area contributed by atoms with Crippen LogP contribution in [0.5, 0.6) is 5.75 Å². The van der Waals surface area contributed by atoms with Crippen LogP contribution in [0.3, 0.4) is 0 Å². The molecule has 34 heteroatoms. The molecule has 470 valence electrons. The second kappa shape index (κ2) is 34.9. The number of guanidine groups is 1. The number of likely N-dealkylation sites (tertiary alicyclic amines) is 1. The van der Waals surface area contributed by atoms with E-state index in [0.717, 1.165) is 26.5 Å². The molecule has 0 saturated carbocycles. The van der Waals surface area contributed by atoms with Gasteiger partial charge in [0.15, 0.2) is 5.96 Å². The van der Waals surface area contributed by atoms with E-state index in [1.807, 2.05) is 0 Å². The molecule has 0 radical (unpaired) electrons. The van der Waals surface area contributed by atoms with Gasteiger partial charge in [0.05, 0.1) is 19.6 Å². The fourth-order valence-corrected chi connectivity index (χ4v) is 11.0. The average Bonchev–Trinajstić information content (AvgIpc) is 4.13. The molecular weight excluding hydrogens is 1170 g/mol. The molecule has 23 N–H and O–H groups in total. The van der Waals surface area contributed by atoms with E-state index in [4.69, 9.17) is 34.4 Å². The third kappa shape index (κ3) is 23.4. The molecule has 0 unspecified atom stereocenters. The van der Waals surface area contributed by atoms with Crippen LogP contribution in [-0.2, 0) is 75.2 Å². The Labute approximate surface area is 501 Å². The Morgan fingerprint density at radius 3 is 1.88 bits per heavy atom. The van der Waals surface area contributed by atoms with Crippen molar-refractivity contribution in [2.75, 3.05) is 37.7 Å². The summed E-state index contributed by atoms with van der Waals surface area (Å²) in [4.78, 5) is 183. The van der Waals surface area contributed by atoms with E-state index >= 15 is 0 Å². The van der Waals surface area contributed by atoms with Gasteiger partial charge in [-0.1, -0.05) is 64.1 Å². The Balaban J connectivity index is 1.83. The molecule has 0 aromatic heterocycles. The summed E-state index contributed by atoms with van der Waals surface area (Å²) in [5, 5.41) is 41.9. The van der Waals surface area contributed by atoms with Crippen LogP contribution in [0, 0.1) is 0 Å². The van der Waals surface area contributed by atoms with Crippen LogP contribution in [0.2, 0.25) is 0 Å². The minimum Gasteiger partial charge on any atom is -0.508 e. The van der Waals surface area contributed by atoms with Crippen LogP contribution in [-0.4, -0.2) is 196 Å². The summed E-state index contributed by atoms with van der Waals surface area (Å²) < 4.78 is 0. The molecule has 2 aromatic rings. The van der Waals surface area contributed by atoms with Gasteiger partial charge >= 0.3 is 0 Å². The minimum atomic E-state index is -1.89. The normalized spacial score (nSPS) is 21.8. The second-order valence-corrected chi connectivity index (χ2v) is 22.6. The van der Waals surface area contributed by atoms with Gasteiger partial charge in [0.2, 0.25) is 76.8 Å². The van der Waals surface area contributed by atoms with Gasteiger partial charge in [-0.3, -0.25) is 67.3 Å². The van der Waals surface area contributed by atoms with Crippen LogP contribution >= 0.6 is 21.6 Å². The van der Waals surface area contributed by atoms with E-state index in [1.165, 1.54) is 31.2 Å². The van der Waals surface area contributed by atoms with E-state index in [1.54, 1.807) is 30.3 Å². The van der Waals surface area contributed by atoms with Crippen LogP contribution in [0.15, 0.2) is 59.6 Å². The number of phenolic OH excluding ortho intramolecular Hbond substituents is 1. The van der Waals surface area contributed by atoms with Crippen molar-refractivity contribution in [2.45, 2.75) is 125 Å². The Morgan fingerprint density at radius 2 is 1.28 bits per heavy atom. The van der Waals surface area contributed by atoms with Crippen LogP contribution < -0.4 is 82.3 Å². The molecule has 2 saturated heterocycles. The highest BCUT2D eigenvalue weighted by molar-refractivity contribution is 8.76. The van der Waals surface area contributed by atoms with Crippen molar-refractivity contribution in [3.8, 4) is 5.75 Å². The van der Waals surface area contributed by atoms with Crippen molar-refractivity contribution in [1.82, 2.24) is 52.8 Å². The van der Waals surface area contributed by atoms with Gasteiger partial charge in [-0.2, -0.15) is 0 Å². The Hall–Kier alpha value is -8.76. The molecule has 2 heterocycles. The summed E-state index contributed by atoms with van der Waals surface area (Å²) in [7, 11) is 1.71. The van der Waals surface area contributed by atoms with Gasteiger partial charge in [0.1, 0.15) is 66.2 Å². The van der Waals surface area contributed by atoms with Crippen molar-refractivity contribution in [2.24, 2.45) is 39.4 Å². The zero-order valence-electron chi connectivity index (χ0n) is 47.0. The predicted molar refractivity (Wildman–Crippen MR) is 312 cm³/mol. The number of aliphatic hydroxyl groups excluding tert-OH is 1. The van der Waals surface area contributed by atoms with Gasteiger partial charge in [-0.25, -0.2) is 0 Å². The lowest BCUT2D eigenvalue weighted by Gasteiger charge is -2.31. The number of nitrogens with one attached hydrogen (secondary N) is 9. The number of carbonyl (C=O) groups excluding carboxylic acids is 13. The van der Waals surface area contributed by atoms with E-state index < -0.39 is 175 Å². The number of aliphatic hydroxyl groups is 1. The molecule has 2 aliphatic rings. The van der Waals surface area contributed by atoms with Crippen LogP contribution in [0.25, 0.3) is 0 Å². The summed E-state index contributed by atoms with van der Waals surface area (Å²) in [6.07, 6.45) is -2.06. The van der Waals surface area contributed by atoms with Gasteiger partial charge < -0.3 is 97.4 Å². The fraction of sp³-hybridized carbons (Fsp3) is 0.500. The summed E-state index contributed by atoms with van der Waals surface area (Å²) >= 11 is 0. The molecule has 2 aromatic carbocycles. The van der Waals surface area contributed by atoms with E-state index in [-0.39, 0.29) is 69.1 Å². The summed E-state index contributed by atoms with van der Waals surface area (Å²) in [5.74, 6) is -13.8. The molecule has 13 amide bonds. The number of primary amides is 3. The van der Waals surface area contributed by atoms with Crippen LogP contribution in [0.4, 0.5) is 0 Å². The summed E-state index contributed by atoms with van der Waals surface area (Å²) in [6.45, 7) is -0.124. The van der Waals surface area contributed by atoms with E-state index in [9.17, 15) is 72.5 Å². The third-order valence-electron chi connectivity index (χ3n) is 13.2. The van der Waals surface area contributed by atoms with Crippen molar-refractivity contribution in [3.05, 3.63) is 65.7 Å². The van der Waals surface area contributed by atoms with Crippen molar-refractivity contribution < 1.29 is 72.5 Å². The zero-order chi connectivity index (χ0) is 63.6. The molecule has 4 rings (SSSR count). The highest BCUT2D eigenvalue weighted by Gasteiger charge is 2.41. The molecule has 2 fully saturated rings. The number of carbonyl (C=O) groups is 13. The van der Waals surface area contributed by atoms with Gasteiger partial charge in [0, 0.05) is 43.9 Å². The van der Waals surface area contributed by atoms with Gasteiger partial charge in [-0.05, 0) is 62.3 Å². The largest absolute Gasteiger partial charge is 0.508 e. The Kier molecular flexibility index (Phi) is 28.3. The molecule has 32 nitrogen and oxygen atoms in total.